The molecule has 166 valence electrons. The summed E-state index contributed by atoms with van der Waals surface area (Å²) in [7, 11) is 5.13. The van der Waals surface area contributed by atoms with Crippen LogP contribution in [0.5, 0.6) is 11.6 Å². The Morgan fingerprint density at radius 1 is 1.32 bits per heavy atom. The van der Waals surface area contributed by atoms with Gasteiger partial charge in [0, 0.05) is 4.47 Å². The minimum Gasteiger partial charge on any atom is -0.465 e. The number of nitrogens with zero attached hydrogens (tertiary/aromatic N) is 5. The molecule has 0 bridgehead atoms. The monoisotopic (exact) mass is 516 g/mol. The number of halogens is 3. The molecule has 0 radical (unpaired) electrons. The van der Waals surface area contributed by atoms with E-state index in [-0.39, 0.29) is 20.9 Å². The minimum absolute atomic E-state index is 0.114. The Bertz CT molecular complexity index is 1050. The molecule has 1 aromatic carbocycles. The zero-order valence-corrected chi connectivity index (χ0v) is 19.3. The molecule has 1 N–H and O–H groups in total. The van der Waals surface area contributed by atoms with E-state index in [1.807, 2.05) is 14.1 Å². The zero-order chi connectivity index (χ0) is 22.5. The average molecular weight is 517 g/mol. The van der Waals surface area contributed by atoms with E-state index in [9.17, 15) is 13.6 Å². The fraction of sp³-hybridized carbons (Fsp3) is 0.333. The number of aromatic nitrogens is 4. The smallest absolute Gasteiger partial charge is 0.346 e. The molecular formula is C18H19BrF2N6O3S. The van der Waals surface area contributed by atoms with E-state index < -0.39 is 23.4 Å². The van der Waals surface area contributed by atoms with Crippen molar-refractivity contribution in [2.45, 2.75) is 13.0 Å². The summed E-state index contributed by atoms with van der Waals surface area (Å²) in [5.41, 5.74) is -0.114. The number of carbonyl (C=O) groups excluding carboxylic acids is 1. The Hall–Kier alpha value is -2.64. The summed E-state index contributed by atoms with van der Waals surface area (Å²) in [5.74, 6) is -3.31. The maximum atomic E-state index is 14.1. The van der Waals surface area contributed by atoms with Crippen molar-refractivity contribution in [1.29, 1.82) is 0 Å². The number of carbonyl (C=O) groups is 1. The van der Waals surface area contributed by atoms with Crippen molar-refractivity contribution >= 4 is 44.3 Å². The zero-order valence-electron chi connectivity index (χ0n) is 16.9. The van der Waals surface area contributed by atoms with E-state index in [2.05, 4.69) is 40.7 Å². The summed E-state index contributed by atoms with van der Waals surface area (Å²) >= 11 is 3.85. The van der Waals surface area contributed by atoms with Crippen LogP contribution in [0.1, 0.15) is 16.8 Å². The largest absolute Gasteiger partial charge is 0.465 e. The van der Waals surface area contributed by atoms with Gasteiger partial charge in [-0.25, -0.2) is 13.6 Å². The van der Waals surface area contributed by atoms with Gasteiger partial charge in [0.2, 0.25) is 11.6 Å². The van der Waals surface area contributed by atoms with Crippen LogP contribution >= 0.6 is 27.5 Å². The van der Waals surface area contributed by atoms with Crippen molar-refractivity contribution in [3.8, 4) is 11.6 Å². The van der Waals surface area contributed by atoms with E-state index in [4.69, 9.17) is 9.47 Å². The number of anilines is 2. The first-order valence-corrected chi connectivity index (χ1v) is 10.6. The van der Waals surface area contributed by atoms with Gasteiger partial charge in [0.25, 0.3) is 0 Å². The molecule has 0 aliphatic rings. The summed E-state index contributed by atoms with van der Waals surface area (Å²) < 4.78 is 42.6. The molecule has 0 aliphatic carbocycles. The number of esters is 1. The van der Waals surface area contributed by atoms with E-state index >= 15 is 0 Å². The van der Waals surface area contributed by atoms with Crippen molar-refractivity contribution in [2.75, 3.05) is 33.1 Å². The molecule has 13 heteroatoms. The first kappa shape index (κ1) is 23.0. The Balaban J connectivity index is 1.82. The molecule has 0 atom stereocenters. The SMILES string of the molecule is COC(=O)c1c(Oc2c(F)cc(Br)cc2F)nsc1Nc1cnn(CCCN(C)C)n1. The second kappa shape index (κ2) is 10.1. The lowest BCUT2D eigenvalue weighted by Crippen LogP contribution is -2.15. The lowest BCUT2D eigenvalue weighted by molar-refractivity contribution is 0.0599. The first-order chi connectivity index (χ1) is 14.8. The number of aryl methyl sites for hydroxylation is 1. The highest BCUT2D eigenvalue weighted by atomic mass is 79.9. The molecule has 2 aromatic heterocycles. The molecule has 0 unspecified atom stereocenters. The van der Waals surface area contributed by atoms with Gasteiger partial charge < -0.3 is 19.7 Å². The molecule has 0 spiro atoms. The number of hydrogen-bond donors (Lipinski definition) is 1. The fourth-order valence-electron chi connectivity index (χ4n) is 2.54. The minimum atomic E-state index is -0.953. The molecule has 3 rings (SSSR count). The van der Waals surface area contributed by atoms with Crippen LogP contribution in [0.2, 0.25) is 0 Å². The number of ether oxygens (including phenoxy) is 2. The summed E-state index contributed by atoms with van der Waals surface area (Å²) in [4.78, 5) is 15.9. The highest BCUT2D eigenvalue weighted by Crippen LogP contribution is 2.37. The van der Waals surface area contributed by atoms with Gasteiger partial charge in [0.1, 0.15) is 5.00 Å². The van der Waals surface area contributed by atoms with Gasteiger partial charge in [-0.15, -0.1) is 5.10 Å². The van der Waals surface area contributed by atoms with Crippen LogP contribution in [0.4, 0.5) is 19.6 Å². The predicted molar refractivity (Wildman–Crippen MR) is 114 cm³/mol. The van der Waals surface area contributed by atoms with E-state index in [1.54, 1.807) is 0 Å². The third kappa shape index (κ3) is 5.74. The van der Waals surface area contributed by atoms with Gasteiger partial charge in [-0.1, -0.05) is 15.9 Å². The summed E-state index contributed by atoms with van der Waals surface area (Å²) in [6.45, 7) is 1.50. The predicted octanol–water partition coefficient (Wildman–Crippen LogP) is 4.05. The number of nitrogens with one attached hydrogen (secondary N) is 1. The van der Waals surface area contributed by atoms with Crippen molar-refractivity contribution in [2.24, 2.45) is 0 Å². The van der Waals surface area contributed by atoms with Gasteiger partial charge in [-0.3, -0.25) is 0 Å². The molecule has 3 aromatic rings. The molecule has 0 amide bonds. The number of benzene rings is 1. The van der Waals surface area contributed by atoms with E-state index in [0.717, 1.165) is 36.6 Å². The van der Waals surface area contributed by atoms with Crippen LogP contribution in [-0.2, 0) is 11.3 Å². The molecule has 0 saturated heterocycles. The van der Waals surface area contributed by atoms with Gasteiger partial charge >= 0.3 is 5.97 Å². The lowest BCUT2D eigenvalue weighted by Gasteiger charge is -2.08. The Morgan fingerprint density at radius 2 is 2.03 bits per heavy atom. The molecule has 0 fully saturated rings. The van der Waals surface area contributed by atoms with Crippen molar-refractivity contribution in [3.05, 3.63) is 40.0 Å². The third-order valence-corrected chi connectivity index (χ3v) is 5.16. The molecule has 31 heavy (non-hydrogen) atoms. The standard InChI is InChI=1S/C18H19BrF2N6O3S/c1-26(2)5-4-6-27-22-9-13(24-27)23-17-14(18(28)29-3)16(25-31-17)30-15-11(20)7-10(19)8-12(15)21/h7-9H,4-6H2,1-3H3,(H,23,24). The van der Waals surface area contributed by atoms with Gasteiger partial charge in [-0.2, -0.15) is 14.3 Å². The molecule has 2 heterocycles. The van der Waals surface area contributed by atoms with E-state index in [0.29, 0.717) is 12.4 Å². The summed E-state index contributed by atoms with van der Waals surface area (Å²) in [5, 5.41) is 11.6. The van der Waals surface area contributed by atoms with Crippen molar-refractivity contribution < 1.29 is 23.0 Å². The highest BCUT2D eigenvalue weighted by Gasteiger charge is 2.26. The third-order valence-electron chi connectivity index (χ3n) is 3.95. The maximum Gasteiger partial charge on any atom is 0.346 e. The molecule has 9 nitrogen and oxygen atoms in total. The van der Waals surface area contributed by atoms with Gasteiger partial charge in [0.05, 0.1) is 19.9 Å². The number of rotatable bonds is 9. The van der Waals surface area contributed by atoms with Gasteiger partial charge in [-0.05, 0) is 50.7 Å². The van der Waals surface area contributed by atoms with Crippen molar-refractivity contribution in [1.82, 2.24) is 24.3 Å². The van der Waals surface area contributed by atoms with Crippen molar-refractivity contribution in [3.63, 3.8) is 0 Å². The lowest BCUT2D eigenvalue weighted by atomic mass is 10.3. The normalized spacial score (nSPS) is 11.1. The second-order valence-electron chi connectivity index (χ2n) is 6.59. The molecule has 0 saturated carbocycles. The number of methoxy groups -OCH3 is 1. The quantitative estimate of drug-likeness (QED) is 0.425. The van der Waals surface area contributed by atoms with Crippen LogP contribution in [0.15, 0.2) is 22.8 Å². The summed E-state index contributed by atoms with van der Waals surface area (Å²) in [6.07, 6.45) is 2.35. The van der Waals surface area contributed by atoms with Crippen LogP contribution < -0.4 is 10.1 Å². The highest BCUT2D eigenvalue weighted by molar-refractivity contribution is 9.10. The maximum absolute atomic E-state index is 14.1. The topological polar surface area (TPSA) is 94.4 Å². The van der Waals surface area contributed by atoms with Crippen LogP contribution in [0.25, 0.3) is 0 Å². The number of hydrogen-bond acceptors (Lipinski definition) is 9. The van der Waals surface area contributed by atoms with Crippen LogP contribution in [0, 0.1) is 11.6 Å². The Morgan fingerprint density at radius 3 is 2.68 bits per heavy atom. The fourth-order valence-corrected chi connectivity index (χ4v) is 3.66. The first-order valence-electron chi connectivity index (χ1n) is 9.00. The van der Waals surface area contributed by atoms with Gasteiger partial charge in [0.15, 0.2) is 23.0 Å². The second-order valence-corrected chi connectivity index (χ2v) is 8.28. The Labute approximate surface area is 189 Å². The average Bonchev–Trinajstić information content (AvgIpc) is 3.31. The molecular weight excluding hydrogens is 498 g/mol. The Kier molecular flexibility index (Phi) is 7.51. The van der Waals surface area contributed by atoms with E-state index in [1.165, 1.54) is 18.1 Å². The van der Waals surface area contributed by atoms with Crippen LogP contribution in [0.3, 0.4) is 0 Å². The van der Waals surface area contributed by atoms with Crippen LogP contribution in [-0.4, -0.2) is 58.0 Å². The molecule has 0 aliphatic heterocycles. The summed E-state index contributed by atoms with van der Waals surface area (Å²) in [6, 6.07) is 2.08.